The number of rotatable bonds is 10. The van der Waals surface area contributed by atoms with Crippen molar-refractivity contribution in [2.75, 3.05) is 24.7 Å². The van der Waals surface area contributed by atoms with E-state index in [0.717, 1.165) is 0 Å². The SMILES string of the molecule is CCOC(=O)Cc1ccc(N2Cc3c(c(OCC)c4ccccc4c3OCC(F)(F)CC)C2=O)c(F)c1. The molecule has 4 rings (SSSR count). The van der Waals surface area contributed by atoms with Gasteiger partial charge in [0.1, 0.15) is 17.3 Å². The molecule has 0 saturated carbocycles. The summed E-state index contributed by atoms with van der Waals surface area (Å²) in [5.74, 6) is -4.33. The van der Waals surface area contributed by atoms with Gasteiger partial charge in [-0.05, 0) is 31.5 Å². The number of carbonyl (C=O) groups excluding carboxylic acids is 2. The monoisotopic (exact) mass is 515 g/mol. The van der Waals surface area contributed by atoms with Crippen LogP contribution in [0.3, 0.4) is 0 Å². The minimum Gasteiger partial charge on any atom is -0.492 e. The first-order valence-corrected chi connectivity index (χ1v) is 12.2. The number of halogens is 3. The molecular formula is C28H28F3NO5. The molecule has 0 fully saturated rings. The third-order valence-corrected chi connectivity index (χ3v) is 6.18. The highest BCUT2D eigenvalue weighted by Gasteiger charge is 2.38. The lowest BCUT2D eigenvalue weighted by atomic mass is 9.99. The van der Waals surface area contributed by atoms with Crippen LogP contribution in [0.15, 0.2) is 42.5 Å². The molecule has 0 radical (unpaired) electrons. The average Bonchev–Trinajstić information content (AvgIpc) is 3.20. The second-order valence-electron chi connectivity index (χ2n) is 8.65. The third kappa shape index (κ3) is 5.21. The summed E-state index contributed by atoms with van der Waals surface area (Å²) in [7, 11) is 0. The van der Waals surface area contributed by atoms with Gasteiger partial charge in [-0.25, -0.2) is 13.2 Å². The average molecular weight is 516 g/mol. The van der Waals surface area contributed by atoms with Crippen LogP contribution < -0.4 is 14.4 Å². The molecule has 0 aliphatic carbocycles. The largest absolute Gasteiger partial charge is 0.492 e. The Morgan fingerprint density at radius 1 is 1.00 bits per heavy atom. The minimum atomic E-state index is -3.06. The number of carbonyl (C=O) groups is 2. The van der Waals surface area contributed by atoms with E-state index in [-0.39, 0.29) is 43.2 Å². The molecular weight excluding hydrogens is 487 g/mol. The van der Waals surface area contributed by atoms with Crippen LogP contribution in [-0.4, -0.2) is 37.6 Å². The van der Waals surface area contributed by atoms with Crippen LogP contribution in [0, 0.1) is 5.82 Å². The Morgan fingerprint density at radius 2 is 1.70 bits per heavy atom. The van der Waals surface area contributed by atoms with E-state index in [2.05, 4.69) is 0 Å². The molecule has 1 aliphatic rings. The Morgan fingerprint density at radius 3 is 2.32 bits per heavy atom. The lowest BCUT2D eigenvalue weighted by molar-refractivity contribution is -0.142. The minimum absolute atomic E-state index is 0.00912. The van der Waals surface area contributed by atoms with Crippen molar-refractivity contribution in [1.29, 1.82) is 0 Å². The zero-order valence-corrected chi connectivity index (χ0v) is 20.9. The summed E-state index contributed by atoms with van der Waals surface area (Å²) in [6.45, 7) is 4.33. The van der Waals surface area contributed by atoms with E-state index in [1.807, 2.05) is 0 Å². The zero-order valence-electron chi connectivity index (χ0n) is 20.9. The van der Waals surface area contributed by atoms with Crippen molar-refractivity contribution in [1.82, 2.24) is 0 Å². The number of anilines is 1. The molecule has 0 unspecified atom stereocenters. The molecule has 1 amide bonds. The van der Waals surface area contributed by atoms with Crippen LogP contribution in [0.2, 0.25) is 0 Å². The molecule has 0 spiro atoms. The predicted octanol–water partition coefficient (Wildman–Crippen LogP) is 6.07. The zero-order chi connectivity index (χ0) is 26.7. The first-order chi connectivity index (χ1) is 17.7. The molecule has 3 aromatic carbocycles. The van der Waals surface area contributed by atoms with Crippen LogP contribution in [0.1, 0.15) is 48.7 Å². The number of benzene rings is 3. The summed E-state index contributed by atoms with van der Waals surface area (Å²) < 4.78 is 59.9. The number of nitrogens with zero attached hydrogens (tertiary/aromatic N) is 1. The number of hydrogen-bond acceptors (Lipinski definition) is 5. The maximum Gasteiger partial charge on any atom is 0.310 e. The number of amides is 1. The van der Waals surface area contributed by atoms with Crippen LogP contribution in [0.5, 0.6) is 11.5 Å². The number of alkyl halides is 2. The van der Waals surface area contributed by atoms with E-state index in [1.54, 1.807) is 44.2 Å². The van der Waals surface area contributed by atoms with Crippen molar-refractivity contribution in [3.8, 4) is 11.5 Å². The Hall–Kier alpha value is -3.75. The molecule has 0 aromatic heterocycles. The molecule has 0 N–H and O–H groups in total. The number of ether oxygens (including phenoxy) is 3. The Balaban J connectivity index is 1.79. The quantitative estimate of drug-likeness (QED) is 0.307. The Labute approximate surface area is 212 Å². The van der Waals surface area contributed by atoms with Crippen molar-refractivity contribution in [2.45, 2.75) is 46.1 Å². The van der Waals surface area contributed by atoms with Crippen molar-refractivity contribution in [2.24, 2.45) is 0 Å². The van der Waals surface area contributed by atoms with E-state index >= 15 is 4.39 Å². The van der Waals surface area contributed by atoms with E-state index in [9.17, 15) is 18.4 Å². The van der Waals surface area contributed by atoms with Crippen molar-refractivity contribution >= 4 is 28.3 Å². The molecule has 1 heterocycles. The topological polar surface area (TPSA) is 65.1 Å². The van der Waals surface area contributed by atoms with Gasteiger partial charge in [0.15, 0.2) is 6.61 Å². The van der Waals surface area contributed by atoms with Gasteiger partial charge < -0.3 is 19.1 Å². The van der Waals surface area contributed by atoms with E-state index in [1.165, 1.54) is 24.0 Å². The van der Waals surface area contributed by atoms with E-state index in [4.69, 9.17) is 14.2 Å². The molecule has 9 heteroatoms. The van der Waals surface area contributed by atoms with Crippen LogP contribution >= 0.6 is 0 Å². The molecule has 0 saturated heterocycles. The third-order valence-electron chi connectivity index (χ3n) is 6.18. The summed E-state index contributed by atoms with van der Waals surface area (Å²) in [6.07, 6.45) is -0.513. The van der Waals surface area contributed by atoms with Gasteiger partial charge in [0.25, 0.3) is 11.8 Å². The Kier molecular flexibility index (Phi) is 7.61. The number of hydrogen-bond donors (Lipinski definition) is 0. The fourth-order valence-corrected chi connectivity index (χ4v) is 4.36. The first-order valence-electron chi connectivity index (χ1n) is 12.2. The van der Waals surface area contributed by atoms with Gasteiger partial charge in [0.2, 0.25) is 0 Å². The normalized spacial score (nSPS) is 13.1. The van der Waals surface area contributed by atoms with Gasteiger partial charge in [-0.3, -0.25) is 9.59 Å². The van der Waals surface area contributed by atoms with E-state index in [0.29, 0.717) is 27.6 Å². The van der Waals surface area contributed by atoms with Crippen LogP contribution in [0.25, 0.3) is 10.8 Å². The second kappa shape index (κ2) is 10.7. The molecule has 196 valence electrons. The van der Waals surface area contributed by atoms with Gasteiger partial charge in [-0.2, -0.15) is 0 Å². The highest BCUT2D eigenvalue weighted by atomic mass is 19.3. The standard InChI is InChI=1S/C28H28F3NO5/c1-4-28(30,31)16-37-25-18-9-7-8-10-19(18)26(36-6-3)24-20(25)15-32(27(24)34)22-12-11-17(13-21(22)29)14-23(33)35-5-2/h7-13H,4-6,14-16H2,1-3H3. The van der Waals surface area contributed by atoms with Crippen molar-refractivity contribution in [3.63, 3.8) is 0 Å². The lowest BCUT2D eigenvalue weighted by Crippen LogP contribution is -2.25. The van der Waals surface area contributed by atoms with E-state index < -0.39 is 36.6 Å². The summed E-state index contributed by atoms with van der Waals surface area (Å²) in [5, 5.41) is 1.06. The van der Waals surface area contributed by atoms with Crippen molar-refractivity contribution < 1.29 is 37.0 Å². The summed E-state index contributed by atoms with van der Waals surface area (Å²) in [4.78, 5) is 26.7. The second-order valence-corrected chi connectivity index (χ2v) is 8.65. The maximum atomic E-state index is 15.2. The summed E-state index contributed by atoms with van der Waals surface area (Å²) in [5.41, 5.74) is 0.903. The predicted molar refractivity (Wildman–Crippen MR) is 133 cm³/mol. The number of fused-ring (bicyclic) bond motifs is 2. The molecule has 0 atom stereocenters. The van der Waals surface area contributed by atoms with Crippen LogP contribution in [0.4, 0.5) is 18.9 Å². The fraction of sp³-hybridized carbons (Fsp3) is 0.357. The summed E-state index contributed by atoms with van der Waals surface area (Å²) >= 11 is 0. The van der Waals surface area contributed by atoms with Crippen LogP contribution in [-0.2, 0) is 22.5 Å². The maximum absolute atomic E-state index is 15.2. The van der Waals surface area contributed by atoms with Gasteiger partial charge in [-0.15, -0.1) is 0 Å². The Bertz CT molecular complexity index is 1340. The molecule has 0 bridgehead atoms. The molecule has 3 aromatic rings. The van der Waals surface area contributed by atoms with Gasteiger partial charge >= 0.3 is 5.97 Å². The van der Waals surface area contributed by atoms with Crippen molar-refractivity contribution in [3.05, 3.63) is 65.0 Å². The lowest BCUT2D eigenvalue weighted by Gasteiger charge is -2.20. The highest BCUT2D eigenvalue weighted by molar-refractivity contribution is 6.17. The fourth-order valence-electron chi connectivity index (χ4n) is 4.36. The van der Waals surface area contributed by atoms with Gasteiger partial charge in [0, 0.05) is 22.8 Å². The first kappa shape index (κ1) is 26.3. The smallest absolute Gasteiger partial charge is 0.310 e. The van der Waals surface area contributed by atoms with Gasteiger partial charge in [0.05, 0.1) is 37.4 Å². The summed E-state index contributed by atoms with van der Waals surface area (Å²) in [6, 6.07) is 11.1. The molecule has 1 aliphatic heterocycles. The molecule has 6 nitrogen and oxygen atoms in total. The number of esters is 1. The molecule has 37 heavy (non-hydrogen) atoms. The van der Waals surface area contributed by atoms with Gasteiger partial charge in [-0.1, -0.05) is 37.3 Å². The highest BCUT2D eigenvalue weighted by Crippen LogP contribution is 2.46.